The maximum Gasteiger partial charge on any atom is 0.243 e. The van der Waals surface area contributed by atoms with Crippen LogP contribution in [-0.4, -0.2) is 79.6 Å². The van der Waals surface area contributed by atoms with Crippen LogP contribution in [0.1, 0.15) is 40.0 Å². The first-order valence-corrected chi connectivity index (χ1v) is 12.6. The molecule has 1 N–H and O–H groups in total. The molecule has 2 fully saturated rings. The number of nitrogens with zero attached hydrogens (tertiary/aromatic N) is 3. The van der Waals surface area contributed by atoms with Gasteiger partial charge in [-0.05, 0) is 44.0 Å². The number of anilines is 1. The van der Waals surface area contributed by atoms with E-state index in [1.165, 1.54) is 4.31 Å². The van der Waals surface area contributed by atoms with E-state index in [0.717, 1.165) is 19.3 Å². The molecule has 1 atom stereocenters. The molecule has 9 heteroatoms. The number of benzene rings is 1. The van der Waals surface area contributed by atoms with E-state index in [1.807, 2.05) is 25.7 Å². The molecule has 172 valence electrons. The van der Waals surface area contributed by atoms with Gasteiger partial charge < -0.3 is 10.2 Å². The highest BCUT2D eigenvalue weighted by molar-refractivity contribution is 7.89. The highest BCUT2D eigenvalue weighted by Gasteiger charge is 2.29. The van der Waals surface area contributed by atoms with Gasteiger partial charge in [0, 0.05) is 50.9 Å². The van der Waals surface area contributed by atoms with Gasteiger partial charge >= 0.3 is 0 Å². The number of piperazine rings is 1. The summed E-state index contributed by atoms with van der Waals surface area (Å²) in [7, 11) is -3.48. The van der Waals surface area contributed by atoms with Crippen LogP contribution >= 0.6 is 0 Å². The highest BCUT2D eigenvalue weighted by Crippen LogP contribution is 2.22. The van der Waals surface area contributed by atoms with Crippen molar-refractivity contribution in [2.24, 2.45) is 5.92 Å². The normalized spacial score (nSPS) is 19.9. The summed E-state index contributed by atoms with van der Waals surface area (Å²) >= 11 is 0. The second-order valence-electron chi connectivity index (χ2n) is 8.67. The predicted molar refractivity (Wildman–Crippen MR) is 120 cm³/mol. The molecular formula is C22H34N4O4S. The van der Waals surface area contributed by atoms with Gasteiger partial charge in [0.2, 0.25) is 21.8 Å². The van der Waals surface area contributed by atoms with Gasteiger partial charge in [0.05, 0.1) is 10.9 Å². The van der Waals surface area contributed by atoms with Crippen molar-refractivity contribution in [2.45, 2.75) is 51.0 Å². The summed E-state index contributed by atoms with van der Waals surface area (Å²) in [5.41, 5.74) is 0.572. The second kappa shape index (κ2) is 10.1. The summed E-state index contributed by atoms with van der Waals surface area (Å²) < 4.78 is 27.0. The maximum absolute atomic E-state index is 12.8. The fourth-order valence-electron chi connectivity index (χ4n) is 4.07. The average Bonchev–Trinajstić information content (AvgIpc) is 2.79. The van der Waals surface area contributed by atoms with Crippen LogP contribution in [-0.2, 0) is 19.6 Å². The van der Waals surface area contributed by atoms with E-state index in [9.17, 15) is 18.0 Å². The standard InChI is InChI=1S/C22H34N4O4S/c1-17(2)22(28)25-15-13-24(14-16-25)18(3)21(27)23-19-7-9-20(10-8-19)31(29,30)26-11-5-4-6-12-26/h7-10,17-18H,4-6,11-16H2,1-3H3,(H,23,27). The van der Waals surface area contributed by atoms with E-state index in [2.05, 4.69) is 10.2 Å². The average molecular weight is 451 g/mol. The van der Waals surface area contributed by atoms with Crippen molar-refractivity contribution < 1.29 is 18.0 Å². The zero-order chi connectivity index (χ0) is 22.6. The number of hydrogen-bond donors (Lipinski definition) is 1. The third kappa shape index (κ3) is 5.64. The number of sulfonamides is 1. The number of rotatable bonds is 6. The van der Waals surface area contributed by atoms with Gasteiger partial charge in [-0.15, -0.1) is 0 Å². The fraction of sp³-hybridized carbons (Fsp3) is 0.636. The Bertz CT molecular complexity index is 871. The first-order valence-electron chi connectivity index (χ1n) is 11.1. The topological polar surface area (TPSA) is 90.0 Å². The molecule has 0 spiro atoms. The van der Waals surface area contributed by atoms with E-state index < -0.39 is 10.0 Å². The third-order valence-corrected chi connectivity index (χ3v) is 8.03. The monoisotopic (exact) mass is 450 g/mol. The van der Waals surface area contributed by atoms with Crippen molar-refractivity contribution in [3.63, 3.8) is 0 Å². The van der Waals surface area contributed by atoms with Gasteiger partial charge in [-0.1, -0.05) is 20.3 Å². The molecule has 0 aromatic heterocycles. The van der Waals surface area contributed by atoms with Crippen molar-refractivity contribution in [2.75, 3.05) is 44.6 Å². The lowest BCUT2D eigenvalue weighted by atomic mass is 10.1. The van der Waals surface area contributed by atoms with E-state index in [-0.39, 0.29) is 28.7 Å². The fourth-order valence-corrected chi connectivity index (χ4v) is 5.59. The van der Waals surface area contributed by atoms with Crippen molar-refractivity contribution in [3.8, 4) is 0 Å². The van der Waals surface area contributed by atoms with Crippen LogP contribution in [0.4, 0.5) is 5.69 Å². The van der Waals surface area contributed by atoms with E-state index in [1.54, 1.807) is 24.3 Å². The first kappa shape index (κ1) is 23.7. The Morgan fingerprint density at radius 1 is 0.871 bits per heavy atom. The number of nitrogens with one attached hydrogen (secondary N) is 1. The Labute approximate surface area is 185 Å². The Hall–Kier alpha value is -1.97. The molecule has 8 nitrogen and oxygen atoms in total. The second-order valence-corrected chi connectivity index (χ2v) is 10.6. The molecule has 0 aliphatic carbocycles. The minimum Gasteiger partial charge on any atom is -0.340 e. The van der Waals surface area contributed by atoms with E-state index in [0.29, 0.717) is 45.0 Å². The van der Waals surface area contributed by atoms with E-state index >= 15 is 0 Å². The summed E-state index contributed by atoms with van der Waals surface area (Å²) in [6, 6.07) is 6.05. The third-order valence-electron chi connectivity index (χ3n) is 6.12. The van der Waals surface area contributed by atoms with Crippen LogP contribution in [0.2, 0.25) is 0 Å². The molecule has 31 heavy (non-hydrogen) atoms. The van der Waals surface area contributed by atoms with Crippen molar-refractivity contribution in [1.29, 1.82) is 0 Å². The molecular weight excluding hydrogens is 416 g/mol. The van der Waals surface area contributed by atoms with Gasteiger partial charge in [0.25, 0.3) is 0 Å². The first-order chi connectivity index (χ1) is 14.7. The van der Waals surface area contributed by atoms with Crippen LogP contribution in [0.25, 0.3) is 0 Å². The minimum absolute atomic E-state index is 0.0195. The molecule has 1 aromatic carbocycles. The molecule has 2 heterocycles. The molecule has 0 radical (unpaired) electrons. The number of piperidine rings is 1. The SMILES string of the molecule is CC(C)C(=O)N1CCN(C(C)C(=O)Nc2ccc(S(=O)(=O)N3CCCCC3)cc2)CC1. The van der Waals surface area contributed by atoms with Gasteiger partial charge in [0.15, 0.2) is 0 Å². The van der Waals surface area contributed by atoms with Gasteiger partial charge in [-0.25, -0.2) is 8.42 Å². The zero-order valence-electron chi connectivity index (χ0n) is 18.7. The minimum atomic E-state index is -3.48. The van der Waals surface area contributed by atoms with Crippen molar-refractivity contribution in [1.82, 2.24) is 14.1 Å². The number of carbonyl (C=O) groups excluding carboxylic acids is 2. The smallest absolute Gasteiger partial charge is 0.243 e. The van der Waals surface area contributed by atoms with Gasteiger partial charge in [0.1, 0.15) is 0 Å². The Balaban J connectivity index is 1.55. The number of carbonyl (C=O) groups is 2. The van der Waals surface area contributed by atoms with Gasteiger partial charge in [-0.2, -0.15) is 4.31 Å². The Morgan fingerprint density at radius 3 is 2.00 bits per heavy atom. The van der Waals surface area contributed by atoms with Crippen molar-refractivity contribution >= 4 is 27.5 Å². The lowest BCUT2D eigenvalue weighted by molar-refractivity contribution is -0.136. The summed E-state index contributed by atoms with van der Waals surface area (Å²) in [5, 5.41) is 2.88. The Morgan fingerprint density at radius 2 is 1.45 bits per heavy atom. The molecule has 2 amide bonds. The van der Waals surface area contributed by atoms with Crippen molar-refractivity contribution in [3.05, 3.63) is 24.3 Å². The van der Waals surface area contributed by atoms with Crippen LogP contribution in [0.3, 0.4) is 0 Å². The summed E-state index contributed by atoms with van der Waals surface area (Å²) in [5.74, 6) is -0.0133. The summed E-state index contributed by atoms with van der Waals surface area (Å²) in [6.07, 6.45) is 2.86. The molecule has 0 saturated carbocycles. The van der Waals surface area contributed by atoms with Crippen LogP contribution in [0.5, 0.6) is 0 Å². The molecule has 2 aliphatic heterocycles. The lowest BCUT2D eigenvalue weighted by Crippen LogP contribution is -2.54. The summed E-state index contributed by atoms with van der Waals surface area (Å²) in [6.45, 7) is 9.32. The van der Waals surface area contributed by atoms with Crippen LogP contribution < -0.4 is 5.32 Å². The van der Waals surface area contributed by atoms with Gasteiger partial charge in [-0.3, -0.25) is 14.5 Å². The Kier molecular flexibility index (Phi) is 7.72. The molecule has 2 saturated heterocycles. The van der Waals surface area contributed by atoms with Crippen LogP contribution in [0.15, 0.2) is 29.2 Å². The molecule has 2 aliphatic rings. The summed E-state index contributed by atoms with van der Waals surface area (Å²) in [4.78, 5) is 29.0. The predicted octanol–water partition coefficient (Wildman–Crippen LogP) is 1.99. The van der Waals surface area contributed by atoms with Crippen LogP contribution in [0, 0.1) is 5.92 Å². The molecule has 1 aromatic rings. The highest BCUT2D eigenvalue weighted by atomic mass is 32.2. The zero-order valence-corrected chi connectivity index (χ0v) is 19.5. The number of amides is 2. The molecule has 1 unspecified atom stereocenters. The molecule has 3 rings (SSSR count). The largest absolute Gasteiger partial charge is 0.340 e. The molecule has 0 bridgehead atoms. The maximum atomic E-state index is 12.8. The van der Waals surface area contributed by atoms with E-state index in [4.69, 9.17) is 0 Å². The lowest BCUT2D eigenvalue weighted by Gasteiger charge is -2.38. The number of hydrogen-bond acceptors (Lipinski definition) is 5. The quantitative estimate of drug-likeness (QED) is 0.716.